The summed E-state index contributed by atoms with van der Waals surface area (Å²) in [6, 6.07) is 7.16. The van der Waals surface area contributed by atoms with Crippen molar-refractivity contribution < 1.29 is 4.39 Å². The zero-order valence-electron chi connectivity index (χ0n) is 14.4. The summed E-state index contributed by atoms with van der Waals surface area (Å²) in [7, 11) is 0. The van der Waals surface area contributed by atoms with Crippen LogP contribution in [0.4, 0.5) is 9.52 Å². The Morgan fingerprint density at radius 1 is 1.04 bits per heavy atom. The van der Waals surface area contributed by atoms with Crippen LogP contribution in [0.15, 0.2) is 36.0 Å². The van der Waals surface area contributed by atoms with E-state index >= 15 is 0 Å². The minimum absolute atomic E-state index is 0.217. The van der Waals surface area contributed by atoms with Crippen molar-refractivity contribution in [3.05, 3.63) is 47.6 Å². The van der Waals surface area contributed by atoms with Crippen LogP contribution in [0.3, 0.4) is 0 Å². The zero-order valence-corrected chi connectivity index (χ0v) is 15.2. The zero-order chi connectivity index (χ0) is 17.5. The summed E-state index contributed by atoms with van der Waals surface area (Å²) in [5.41, 5.74) is 1.88. The number of piperidine rings is 1. The molecule has 0 amide bonds. The molecule has 3 heterocycles. The SMILES string of the molecule is Fc1ccc(-c2csc(N3CCC(c4nncn4C4CC4)CC3)n2)cc1. The Labute approximate surface area is 155 Å². The Morgan fingerprint density at radius 3 is 2.54 bits per heavy atom. The van der Waals surface area contributed by atoms with Gasteiger partial charge in [-0.2, -0.15) is 0 Å². The van der Waals surface area contributed by atoms with Gasteiger partial charge in [-0.15, -0.1) is 21.5 Å². The number of halogens is 1. The largest absolute Gasteiger partial charge is 0.348 e. The van der Waals surface area contributed by atoms with E-state index in [1.54, 1.807) is 23.5 Å². The van der Waals surface area contributed by atoms with Crippen LogP contribution >= 0.6 is 11.3 Å². The van der Waals surface area contributed by atoms with Crippen LogP contribution in [-0.2, 0) is 0 Å². The standard InChI is InChI=1S/C19H20FN5S/c20-15-3-1-13(2-4-15)17-11-26-19(22-17)24-9-7-14(8-10-24)18-23-21-12-25(18)16-5-6-16/h1-4,11-12,14,16H,5-10H2. The number of hydrogen-bond acceptors (Lipinski definition) is 5. The van der Waals surface area contributed by atoms with Crippen molar-refractivity contribution in [2.75, 3.05) is 18.0 Å². The molecule has 1 aliphatic heterocycles. The second kappa shape index (κ2) is 6.46. The molecule has 2 aliphatic rings. The number of nitrogens with zero attached hydrogens (tertiary/aromatic N) is 5. The van der Waals surface area contributed by atoms with Crippen LogP contribution in [0.25, 0.3) is 11.3 Å². The highest BCUT2D eigenvalue weighted by Crippen LogP contribution is 2.39. The highest BCUT2D eigenvalue weighted by molar-refractivity contribution is 7.14. The normalized spacial score (nSPS) is 18.4. The van der Waals surface area contributed by atoms with Gasteiger partial charge < -0.3 is 9.47 Å². The Kier molecular flexibility index (Phi) is 3.96. The van der Waals surface area contributed by atoms with Gasteiger partial charge in [0, 0.05) is 36.0 Å². The van der Waals surface area contributed by atoms with Gasteiger partial charge in [-0.3, -0.25) is 0 Å². The molecule has 1 aromatic carbocycles. The summed E-state index contributed by atoms with van der Waals surface area (Å²) in [6.07, 6.45) is 6.58. The van der Waals surface area contributed by atoms with Crippen LogP contribution in [-0.4, -0.2) is 32.8 Å². The van der Waals surface area contributed by atoms with Crippen LogP contribution < -0.4 is 4.90 Å². The lowest BCUT2D eigenvalue weighted by atomic mass is 9.96. The maximum absolute atomic E-state index is 13.1. The number of rotatable bonds is 4. The Hall–Kier alpha value is -2.28. The van der Waals surface area contributed by atoms with Crippen LogP contribution in [0.5, 0.6) is 0 Å². The van der Waals surface area contributed by atoms with Crippen molar-refractivity contribution in [2.45, 2.75) is 37.6 Å². The quantitative estimate of drug-likeness (QED) is 0.689. The number of benzene rings is 1. The summed E-state index contributed by atoms with van der Waals surface area (Å²) in [6.45, 7) is 1.97. The van der Waals surface area contributed by atoms with E-state index in [1.165, 1.54) is 30.8 Å². The first-order valence-corrected chi connectivity index (χ1v) is 10.0. The highest BCUT2D eigenvalue weighted by atomic mass is 32.1. The van der Waals surface area contributed by atoms with Gasteiger partial charge in [-0.05, 0) is 49.9 Å². The van der Waals surface area contributed by atoms with E-state index < -0.39 is 0 Å². The second-order valence-electron chi connectivity index (χ2n) is 7.11. The van der Waals surface area contributed by atoms with E-state index in [0.717, 1.165) is 42.3 Å². The molecule has 1 aliphatic carbocycles. The molecular weight excluding hydrogens is 349 g/mol. The number of aromatic nitrogens is 4. The van der Waals surface area contributed by atoms with Crippen LogP contribution in [0.2, 0.25) is 0 Å². The first-order valence-electron chi connectivity index (χ1n) is 9.14. The lowest BCUT2D eigenvalue weighted by molar-refractivity contribution is 0.465. The van der Waals surface area contributed by atoms with Crippen LogP contribution in [0, 0.1) is 5.82 Å². The lowest BCUT2D eigenvalue weighted by Crippen LogP contribution is -2.33. The Bertz CT molecular complexity index is 891. The number of thiazole rings is 1. The van der Waals surface area contributed by atoms with E-state index in [-0.39, 0.29) is 5.82 Å². The first kappa shape index (κ1) is 15.9. The molecule has 5 rings (SSSR count). The molecule has 7 heteroatoms. The number of hydrogen-bond donors (Lipinski definition) is 0. The topological polar surface area (TPSA) is 46.8 Å². The maximum atomic E-state index is 13.1. The van der Waals surface area contributed by atoms with Gasteiger partial charge in [0.1, 0.15) is 18.0 Å². The van der Waals surface area contributed by atoms with Gasteiger partial charge in [0.25, 0.3) is 0 Å². The molecule has 0 atom stereocenters. The summed E-state index contributed by atoms with van der Waals surface area (Å²) in [5, 5.41) is 11.6. The molecule has 3 aromatic rings. The highest BCUT2D eigenvalue weighted by Gasteiger charge is 2.31. The molecule has 0 N–H and O–H groups in total. The van der Waals surface area contributed by atoms with Gasteiger partial charge in [0.2, 0.25) is 0 Å². The average Bonchev–Trinajstić information content (AvgIpc) is 3.20. The molecule has 26 heavy (non-hydrogen) atoms. The van der Waals surface area contributed by atoms with Crippen molar-refractivity contribution in [3.63, 3.8) is 0 Å². The van der Waals surface area contributed by atoms with Crippen LogP contribution in [0.1, 0.15) is 43.5 Å². The predicted octanol–water partition coefficient (Wildman–Crippen LogP) is 4.26. The predicted molar refractivity (Wildman–Crippen MR) is 100.0 cm³/mol. The molecule has 0 spiro atoms. The van der Waals surface area contributed by atoms with Gasteiger partial charge in [-0.1, -0.05) is 0 Å². The van der Waals surface area contributed by atoms with E-state index in [0.29, 0.717) is 12.0 Å². The summed E-state index contributed by atoms with van der Waals surface area (Å²) >= 11 is 1.66. The molecule has 0 bridgehead atoms. The Balaban J connectivity index is 1.27. The summed E-state index contributed by atoms with van der Waals surface area (Å²) in [4.78, 5) is 7.12. The molecular formula is C19H20FN5S. The van der Waals surface area contributed by atoms with E-state index in [4.69, 9.17) is 4.98 Å². The third-order valence-corrected chi connectivity index (χ3v) is 6.21. The third-order valence-electron chi connectivity index (χ3n) is 5.30. The molecule has 5 nitrogen and oxygen atoms in total. The third kappa shape index (κ3) is 3.00. The van der Waals surface area contributed by atoms with Gasteiger partial charge in [-0.25, -0.2) is 9.37 Å². The molecule has 2 fully saturated rings. The molecule has 0 radical (unpaired) electrons. The number of anilines is 1. The maximum Gasteiger partial charge on any atom is 0.185 e. The molecule has 1 saturated carbocycles. The minimum atomic E-state index is -0.217. The summed E-state index contributed by atoms with van der Waals surface area (Å²) in [5.74, 6) is 1.44. The average molecular weight is 369 g/mol. The van der Waals surface area contributed by atoms with E-state index in [9.17, 15) is 4.39 Å². The van der Waals surface area contributed by atoms with Crippen molar-refractivity contribution in [3.8, 4) is 11.3 Å². The molecule has 2 aromatic heterocycles. The molecule has 1 saturated heterocycles. The van der Waals surface area contributed by atoms with Crippen molar-refractivity contribution in [1.29, 1.82) is 0 Å². The molecule has 0 unspecified atom stereocenters. The fourth-order valence-electron chi connectivity index (χ4n) is 3.67. The van der Waals surface area contributed by atoms with E-state index in [1.807, 2.05) is 6.33 Å². The van der Waals surface area contributed by atoms with Gasteiger partial charge in [0.05, 0.1) is 5.69 Å². The first-order chi connectivity index (χ1) is 12.8. The van der Waals surface area contributed by atoms with Crippen molar-refractivity contribution in [1.82, 2.24) is 19.7 Å². The smallest absolute Gasteiger partial charge is 0.185 e. The second-order valence-corrected chi connectivity index (χ2v) is 7.95. The fraction of sp³-hybridized carbons (Fsp3) is 0.421. The monoisotopic (exact) mass is 369 g/mol. The molecule has 134 valence electrons. The lowest BCUT2D eigenvalue weighted by Gasteiger charge is -2.31. The van der Waals surface area contributed by atoms with Gasteiger partial charge in [0.15, 0.2) is 5.13 Å². The van der Waals surface area contributed by atoms with Gasteiger partial charge >= 0.3 is 0 Å². The van der Waals surface area contributed by atoms with Crippen molar-refractivity contribution in [2.24, 2.45) is 0 Å². The van der Waals surface area contributed by atoms with Crippen molar-refractivity contribution >= 4 is 16.5 Å². The fourth-order valence-corrected chi connectivity index (χ4v) is 4.56. The Morgan fingerprint density at radius 2 is 1.81 bits per heavy atom. The van der Waals surface area contributed by atoms with E-state index in [2.05, 4.69) is 25.0 Å². The summed E-state index contributed by atoms with van der Waals surface area (Å²) < 4.78 is 15.4. The minimum Gasteiger partial charge on any atom is -0.348 e.